The first-order chi connectivity index (χ1) is 8.84. The van der Waals surface area contributed by atoms with Crippen LogP contribution in [0, 0.1) is 12.3 Å². The highest BCUT2D eigenvalue weighted by molar-refractivity contribution is 7.99. The van der Waals surface area contributed by atoms with Gasteiger partial charge < -0.3 is 15.3 Å². The normalized spacial score (nSPS) is 22.3. The molecular weight excluding hydrogens is 292 g/mol. The van der Waals surface area contributed by atoms with Crippen molar-refractivity contribution < 1.29 is 24.9 Å². The molecule has 0 bridgehead atoms. The Bertz CT molecular complexity index is 582. The summed E-state index contributed by atoms with van der Waals surface area (Å²) in [5, 5.41) is 30.6. The number of nitrogens with zero attached hydrogens (tertiary/aromatic N) is 1. The quantitative estimate of drug-likeness (QED) is 0.584. The Morgan fingerprint density at radius 1 is 1.47 bits per heavy atom. The Balaban J connectivity index is 2.39. The fraction of sp³-hybridized carbons (Fsp3) is 0.300. The summed E-state index contributed by atoms with van der Waals surface area (Å²) in [6.45, 7) is 1.61. The molecule has 1 aliphatic rings. The molecule has 1 unspecified atom stereocenters. The number of carboxylic acid groups (broad SMARTS) is 2. The lowest BCUT2D eigenvalue weighted by Gasteiger charge is -2.20. The van der Waals surface area contributed by atoms with Gasteiger partial charge >= 0.3 is 11.9 Å². The molecule has 101 valence electrons. The van der Waals surface area contributed by atoms with Crippen LogP contribution in [-0.2, 0) is 21.7 Å². The predicted molar refractivity (Wildman–Crippen MR) is 67.2 cm³/mol. The molecule has 4 N–H and O–H groups in total. The Hall–Kier alpha value is -1.42. The molecule has 1 radical (unpaired) electrons. The van der Waals surface area contributed by atoms with Crippen molar-refractivity contribution in [3.05, 3.63) is 26.6 Å². The maximum absolute atomic E-state index is 11.0. The summed E-state index contributed by atoms with van der Waals surface area (Å²) in [6.07, 6.45) is -0.220. The molecule has 0 aliphatic carbocycles. The number of aryl methyl sites for hydroxylation is 1. The predicted octanol–water partition coefficient (Wildman–Crippen LogP) is 0.247. The van der Waals surface area contributed by atoms with E-state index < -0.39 is 17.7 Å². The van der Waals surface area contributed by atoms with E-state index in [0.717, 1.165) is 23.3 Å². The number of aromatic nitrogens is 1. The van der Waals surface area contributed by atoms with Crippen LogP contribution in [0.2, 0.25) is 0 Å². The van der Waals surface area contributed by atoms with Gasteiger partial charge in [0.15, 0.2) is 0 Å². The first kappa shape index (κ1) is 14.0. The molecule has 0 fully saturated rings. The maximum atomic E-state index is 11.0. The van der Waals surface area contributed by atoms with Gasteiger partial charge in [-0.2, -0.15) is 0 Å². The van der Waals surface area contributed by atoms with E-state index in [9.17, 15) is 14.7 Å². The molecule has 1 aliphatic heterocycles. The summed E-state index contributed by atoms with van der Waals surface area (Å²) in [5.41, 5.74) is -1.84. The molecule has 2 rings (SSSR count). The summed E-state index contributed by atoms with van der Waals surface area (Å²) in [5.74, 6) is -2.33. The zero-order valence-electron chi connectivity index (χ0n) is 9.63. The highest BCUT2D eigenvalue weighted by Gasteiger charge is 2.45. The molecule has 1 atom stereocenters. The molecule has 0 spiro atoms. The SMILES string of the molecule is Cc1nc(C2(O)NS[C]=C2C(=O)O)sc1CC(=O)O. The Morgan fingerprint density at radius 2 is 2.16 bits per heavy atom. The molecule has 0 saturated heterocycles. The second kappa shape index (κ2) is 4.93. The van der Waals surface area contributed by atoms with Gasteiger partial charge in [0.2, 0.25) is 5.72 Å². The number of aliphatic hydroxyl groups is 1. The third-order valence-corrected chi connectivity index (χ3v) is 4.41. The van der Waals surface area contributed by atoms with Crippen LogP contribution >= 0.6 is 23.3 Å². The van der Waals surface area contributed by atoms with E-state index in [-0.39, 0.29) is 17.0 Å². The van der Waals surface area contributed by atoms with Gasteiger partial charge in [0.1, 0.15) is 10.6 Å². The van der Waals surface area contributed by atoms with E-state index in [1.807, 2.05) is 0 Å². The molecule has 9 heteroatoms. The second-order valence-corrected chi connectivity index (χ2v) is 5.49. The highest BCUT2D eigenvalue weighted by Crippen LogP contribution is 2.38. The molecule has 7 nitrogen and oxygen atoms in total. The first-order valence-corrected chi connectivity index (χ1v) is 6.68. The van der Waals surface area contributed by atoms with E-state index in [4.69, 9.17) is 10.2 Å². The van der Waals surface area contributed by atoms with Crippen LogP contribution < -0.4 is 4.72 Å². The van der Waals surface area contributed by atoms with Crippen LogP contribution in [-0.4, -0.2) is 32.2 Å². The van der Waals surface area contributed by atoms with Gasteiger partial charge in [-0.3, -0.25) is 4.79 Å². The van der Waals surface area contributed by atoms with E-state index in [2.05, 4.69) is 15.1 Å². The summed E-state index contributed by atoms with van der Waals surface area (Å²) in [4.78, 5) is 26.2. The molecule has 19 heavy (non-hydrogen) atoms. The average molecular weight is 301 g/mol. The lowest BCUT2D eigenvalue weighted by Crippen LogP contribution is -2.39. The fourth-order valence-corrected chi connectivity index (χ4v) is 3.41. The number of hydrogen-bond donors (Lipinski definition) is 4. The number of thiazole rings is 1. The summed E-state index contributed by atoms with van der Waals surface area (Å²) < 4.78 is 2.52. The molecule has 1 aromatic heterocycles. The molecule has 0 saturated carbocycles. The Kier molecular flexibility index (Phi) is 3.63. The van der Waals surface area contributed by atoms with Crippen molar-refractivity contribution in [2.45, 2.75) is 19.1 Å². The van der Waals surface area contributed by atoms with E-state index in [1.165, 1.54) is 0 Å². The number of carbonyl (C=O) groups is 2. The summed E-state index contributed by atoms with van der Waals surface area (Å²) in [6, 6.07) is 0. The van der Waals surface area contributed by atoms with Crippen molar-refractivity contribution in [3.63, 3.8) is 0 Å². The van der Waals surface area contributed by atoms with Crippen molar-refractivity contribution >= 4 is 35.2 Å². The van der Waals surface area contributed by atoms with Gasteiger partial charge in [-0.05, 0) is 18.9 Å². The second-order valence-electron chi connectivity index (χ2n) is 3.79. The zero-order valence-corrected chi connectivity index (χ0v) is 11.3. The van der Waals surface area contributed by atoms with Crippen LogP contribution in [0.4, 0.5) is 0 Å². The average Bonchev–Trinajstić information content (AvgIpc) is 2.84. The lowest BCUT2D eigenvalue weighted by atomic mass is 10.1. The molecular formula is C10H9N2O5S2. The monoisotopic (exact) mass is 301 g/mol. The minimum absolute atomic E-state index is 0.0937. The van der Waals surface area contributed by atoms with E-state index >= 15 is 0 Å². The summed E-state index contributed by atoms with van der Waals surface area (Å²) in [7, 11) is 0. The van der Waals surface area contributed by atoms with E-state index in [1.54, 1.807) is 6.92 Å². The number of aliphatic carboxylic acids is 2. The van der Waals surface area contributed by atoms with Crippen LogP contribution in [0.25, 0.3) is 0 Å². The van der Waals surface area contributed by atoms with Crippen LogP contribution in [0.3, 0.4) is 0 Å². The molecule has 0 amide bonds. The van der Waals surface area contributed by atoms with Gasteiger partial charge in [-0.15, -0.1) is 11.3 Å². The maximum Gasteiger partial charge on any atom is 0.337 e. The highest BCUT2D eigenvalue weighted by atomic mass is 32.2. The van der Waals surface area contributed by atoms with Crippen molar-refractivity contribution in [2.75, 3.05) is 0 Å². The van der Waals surface area contributed by atoms with Crippen LogP contribution in [0.1, 0.15) is 15.6 Å². The molecule has 2 heterocycles. The lowest BCUT2D eigenvalue weighted by molar-refractivity contribution is -0.137. The number of rotatable bonds is 4. The van der Waals surface area contributed by atoms with Gasteiger partial charge in [0.05, 0.1) is 17.5 Å². The Labute approximate surface area is 116 Å². The van der Waals surface area contributed by atoms with Crippen molar-refractivity contribution in [3.8, 4) is 0 Å². The van der Waals surface area contributed by atoms with Gasteiger partial charge in [-0.25, -0.2) is 14.5 Å². The first-order valence-electron chi connectivity index (χ1n) is 5.05. The van der Waals surface area contributed by atoms with E-state index in [0.29, 0.717) is 10.6 Å². The van der Waals surface area contributed by atoms with Crippen LogP contribution in [0.5, 0.6) is 0 Å². The van der Waals surface area contributed by atoms with Gasteiger partial charge in [-0.1, -0.05) is 0 Å². The number of nitrogens with one attached hydrogen (secondary N) is 1. The standard InChI is InChI=1S/C10H9N2O5S2/c1-4-6(2-7(13)14)19-9(11-4)10(17)5(8(15)16)3-18-12-10/h12,17H,2H2,1H3,(H,13,14)(H,15,16). The zero-order chi connectivity index (χ0) is 14.2. The molecule has 0 aromatic carbocycles. The largest absolute Gasteiger partial charge is 0.481 e. The smallest absolute Gasteiger partial charge is 0.337 e. The van der Waals surface area contributed by atoms with Crippen molar-refractivity contribution in [2.24, 2.45) is 0 Å². The minimum atomic E-state index is -1.94. The van der Waals surface area contributed by atoms with Gasteiger partial charge in [0.25, 0.3) is 0 Å². The summed E-state index contributed by atoms with van der Waals surface area (Å²) >= 11 is 1.79. The topological polar surface area (TPSA) is 120 Å². The third kappa shape index (κ3) is 2.50. The number of carboxylic acids is 2. The van der Waals surface area contributed by atoms with Gasteiger partial charge in [0, 0.05) is 4.88 Å². The Morgan fingerprint density at radius 3 is 2.74 bits per heavy atom. The minimum Gasteiger partial charge on any atom is -0.481 e. The van der Waals surface area contributed by atoms with Crippen molar-refractivity contribution in [1.82, 2.24) is 9.71 Å². The van der Waals surface area contributed by atoms with Crippen LogP contribution in [0.15, 0.2) is 5.57 Å². The third-order valence-electron chi connectivity index (χ3n) is 2.44. The van der Waals surface area contributed by atoms with Crippen molar-refractivity contribution in [1.29, 1.82) is 0 Å². The number of hydrogen-bond acceptors (Lipinski definition) is 7. The molecule has 1 aromatic rings. The fourth-order valence-electron chi connectivity index (χ4n) is 1.51.